The minimum absolute atomic E-state index is 0.0115. The maximum atomic E-state index is 12.0. The highest BCUT2D eigenvalue weighted by molar-refractivity contribution is 8.00. The predicted octanol–water partition coefficient (Wildman–Crippen LogP) is 2.88. The first-order valence-electron chi connectivity index (χ1n) is 5.80. The molecule has 0 aromatic carbocycles. The normalized spacial score (nSPS) is 12.3. The van der Waals surface area contributed by atoms with Gasteiger partial charge < -0.3 is 5.32 Å². The number of nitrogens with zero attached hydrogens (tertiary/aromatic N) is 2. The second kappa shape index (κ2) is 7.04. The van der Waals surface area contributed by atoms with Gasteiger partial charge >= 0.3 is 5.51 Å². The number of rotatable bonds is 7. The highest BCUT2D eigenvalue weighted by Crippen LogP contribution is 2.29. The molecule has 0 atom stereocenters. The van der Waals surface area contributed by atoms with Gasteiger partial charge in [0.1, 0.15) is 0 Å². The smallest absolute Gasteiger partial charge is 0.311 e. The van der Waals surface area contributed by atoms with Crippen molar-refractivity contribution in [2.75, 3.05) is 12.3 Å². The van der Waals surface area contributed by atoms with Crippen LogP contribution in [0, 0.1) is 5.92 Å². The van der Waals surface area contributed by atoms with Crippen molar-refractivity contribution >= 4 is 11.8 Å². The molecule has 0 bridgehead atoms. The molecular weight excluding hydrogens is 263 g/mol. The van der Waals surface area contributed by atoms with Crippen LogP contribution in [0.4, 0.5) is 13.2 Å². The second-order valence-corrected chi connectivity index (χ2v) is 5.52. The number of nitrogens with one attached hydrogen (secondary N) is 1. The summed E-state index contributed by atoms with van der Waals surface area (Å²) in [4.78, 5) is 0. The molecule has 0 aliphatic rings. The Morgan fingerprint density at radius 3 is 2.78 bits per heavy atom. The molecule has 0 saturated heterocycles. The molecule has 1 aromatic heterocycles. The highest BCUT2D eigenvalue weighted by atomic mass is 32.2. The fourth-order valence-electron chi connectivity index (χ4n) is 1.45. The van der Waals surface area contributed by atoms with E-state index in [4.69, 9.17) is 0 Å². The van der Waals surface area contributed by atoms with Crippen LogP contribution in [-0.4, -0.2) is 27.6 Å². The van der Waals surface area contributed by atoms with Crippen molar-refractivity contribution < 1.29 is 13.2 Å². The topological polar surface area (TPSA) is 29.9 Å². The van der Waals surface area contributed by atoms with Gasteiger partial charge in [0, 0.05) is 18.5 Å². The molecule has 0 aliphatic carbocycles. The number of aryl methyl sites for hydroxylation is 1. The number of halogens is 3. The van der Waals surface area contributed by atoms with E-state index in [0.717, 1.165) is 12.2 Å². The van der Waals surface area contributed by atoms with E-state index in [0.29, 0.717) is 12.5 Å². The van der Waals surface area contributed by atoms with Crippen LogP contribution in [0.5, 0.6) is 0 Å². The van der Waals surface area contributed by atoms with E-state index in [1.807, 2.05) is 6.07 Å². The summed E-state index contributed by atoms with van der Waals surface area (Å²) in [5.41, 5.74) is -3.25. The Labute approximate surface area is 109 Å². The van der Waals surface area contributed by atoms with Crippen LogP contribution in [0.2, 0.25) is 0 Å². The Morgan fingerprint density at radius 2 is 2.17 bits per heavy atom. The van der Waals surface area contributed by atoms with Gasteiger partial charge in [-0.3, -0.25) is 4.68 Å². The van der Waals surface area contributed by atoms with E-state index in [2.05, 4.69) is 24.3 Å². The van der Waals surface area contributed by atoms with Gasteiger partial charge in [0.05, 0.1) is 12.2 Å². The van der Waals surface area contributed by atoms with Crippen molar-refractivity contribution in [3.63, 3.8) is 0 Å². The largest absolute Gasteiger partial charge is 0.441 e. The van der Waals surface area contributed by atoms with Gasteiger partial charge in [-0.25, -0.2) is 0 Å². The molecule has 7 heteroatoms. The van der Waals surface area contributed by atoms with Crippen molar-refractivity contribution in [1.82, 2.24) is 15.1 Å². The highest BCUT2D eigenvalue weighted by Gasteiger charge is 2.27. The van der Waals surface area contributed by atoms with E-state index in [9.17, 15) is 13.2 Å². The molecule has 1 aromatic rings. The molecule has 0 amide bonds. The van der Waals surface area contributed by atoms with Crippen LogP contribution in [-0.2, 0) is 13.1 Å². The summed E-state index contributed by atoms with van der Waals surface area (Å²) < 4.78 is 37.6. The molecule has 104 valence electrons. The van der Waals surface area contributed by atoms with Gasteiger partial charge in [-0.2, -0.15) is 18.3 Å². The van der Waals surface area contributed by atoms with E-state index < -0.39 is 5.51 Å². The number of thioether (sulfide) groups is 1. The van der Waals surface area contributed by atoms with Crippen molar-refractivity contribution in [1.29, 1.82) is 0 Å². The summed E-state index contributed by atoms with van der Waals surface area (Å²) in [6.45, 7) is 5.99. The number of hydrogen-bond donors (Lipinski definition) is 1. The number of aromatic nitrogens is 2. The standard InChI is InChI=1S/C11H18F3N3S/c1-9(2)7-15-8-10-3-4-16-17(10)5-6-18-11(12,13)14/h3-4,9,15H,5-8H2,1-2H3. The number of alkyl halides is 3. The fourth-order valence-corrected chi connectivity index (χ4v) is 1.94. The zero-order valence-electron chi connectivity index (χ0n) is 10.5. The summed E-state index contributed by atoms with van der Waals surface area (Å²) in [7, 11) is 0. The Kier molecular flexibility index (Phi) is 6.01. The third-order valence-corrected chi connectivity index (χ3v) is 2.95. The molecule has 0 spiro atoms. The molecular formula is C11H18F3N3S. The van der Waals surface area contributed by atoms with Crippen LogP contribution in [0.25, 0.3) is 0 Å². The molecule has 0 aliphatic heterocycles. The fraction of sp³-hybridized carbons (Fsp3) is 0.727. The molecule has 0 fully saturated rings. The minimum atomic E-state index is -4.16. The maximum absolute atomic E-state index is 12.0. The molecule has 18 heavy (non-hydrogen) atoms. The first kappa shape index (κ1) is 15.4. The molecule has 1 N–H and O–H groups in total. The van der Waals surface area contributed by atoms with Crippen molar-refractivity contribution in [2.24, 2.45) is 5.92 Å². The Bertz CT molecular complexity index is 350. The SMILES string of the molecule is CC(C)CNCc1ccnn1CCSC(F)(F)F. The van der Waals surface area contributed by atoms with E-state index in [-0.39, 0.29) is 24.1 Å². The summed E-state index contributed by atoms with van der Waals surface area (Å²) in [6, 6.07) is 1.82. The molecule has 3 nitrogen and oxygen atoms in total. The average Bonchev–Trinajstić information content (AvgIpc) is 2.63. The molecule has 0 radical (unpaired) electrons. The Morgan fingerprint density at radius 1 is 1.44 bits per heavy atom. The summed E-state index contributed by atoms with van der Waals surface area (Å²) in [5.74, 6) is 0.532. The monoisotopic (exact) mass is 281 g/mol. The van der Waals surface area contributed by atoms with Crippen molar-refractivity contribution in [2.45, 2.75) is 32.4 Å². The van der Waals surface area contributed by atoms with Gasteiger partial charge in [0.15, 0.2) is 0 Å². The van der Waals surface area contributed by atoms with Crippen molar-refractivity contribution in [3.05, 3.63) is 18.0 Å². The van der Waals surface area contributed by atoms with Gasteiger partial charge in [-0.1, -0.05) is 13.8 Å². The lowest BCUT2D eigenvalue weighted by molar-refractivity contribution is -0.0328. The quantitative estimate of drug-likeness (QED) is 0.833. The molecule has 1 heterocycles. The lowest BCUT2D eigenvalue weighted by atomic mass is 10.2. The number of hydrogen-bond acceptors (Lipinski definition) is 3. The molecule has 1 rings (SSSR count). The zero-order valence-corrected chi connectivity index (χ0v) is 11.3. The van der Waals surface area contributed by atoms with E-state index in [1.54, 1.807) is 10.9 Å². The summed E-state index contributed by atoms with van der Waals surface area (Å²) in [6.07, 6.45) is 1.62. The lowest BCUT2D eigenvalue weighted by Crippen LogP contribution is -2.21. The van der Waals surface area contributed by atoms with Crippen LogP contribution in [0.15, 0.2) is 12.3 Å². The third-order valence-electron chi connectivity index (χ3n) is 2.23. The molecule has 0 saturated carbocycles. The second-order valence-electron chi connectivity index (χ2n) is 4.36. The first-order chi connectivity index (χ1) is 8.38. The van der Waals surface area contributed by atoms with E-state index >= 15 is 0 Å². The third kappa shape index (κ3) is 6.30. The van der Waals surface area contributed by atoms with Gasteiger partial charge in [-0.05, 0) is 30.3 Å². The Hall–Kier alpha value is -0.690. The van der Waals surface area contributed by atoms with Crippen LogP contribution >= 0.6 is 11.8 Å². The summed E-state index contributed by atoms with van der Waals surface area (Å²) >= 11 is -0.0120. The minimum Gasteiger partial charge on any atom is -0.311 e. The Balaban J connectivity index is 2.35. The molecule has 0 unspecified atom stereocenters. The zero-order chi connectivity index (χ0) is 13.6. The van der Waals surface area contributed by atoms with Crippen molar-refractivity contribution in [3.8, 4) is 0 Å². The predicted molar refractivity (Wildman–Crippen MR) is 67.3 cm³/mol. The van der Waals surface area contributed by atoms with Gasteiger partial charge in [0.25, 0.3) is 0 Å². The van der Waals surface area contributed by atoms with Gasteiger partial charge in [-0.15, -0.1) is 0 Å². The first-order valence-corrected chi connectivity index (χ1v) is 6.79. The van der Waals surface area contributed by atoms with E-state index in [1.165, 1.54) is 0 Å². The van der Waals surface area contributed by atoms with Crippen LogP contribution in [0.3, 0.4) is 0 Å². The van der Waals surface area contributed by atoms with Gasteiger partial charge in [0.2, 0.25) is 0 Å². The van der Waals surface area contributed by atoms with Crippen LogP contribution < -0.4 is 5.32 Å². The van der Waals surface area contributed by atoms with Crippen LogP contribution in [0.1, 0.15) is 19.5 Å². The maximum Gasteiger partial charge on any atom is 0.441 e. The lowest BCUT2D eigenvalue weighted by Gasteiger charge is -2.10. The summed E-state index contributed by atoms with van der Waals surface area (Å²) in [5, 5.41) is 7.27. The average molecular weight is 281 g/mol.